The highest BCUT2D eigenvalue weighted by molar-refractivity contribution is 14.1. The molecular weight excluding hydrogens is 415 g/mol. The van der Waals surface area contributed by atoms with Crippen molar-refractivity contribution in [3.05, 3.63) is 0 Å². The van der Waals surface area contributed by atoms with Gasteiger partial charge in [-0.05, 0) is 26.7 Å². The topological polar surface area (TPSA) is 78.9 Å². The number of carbonyl (C=O) groups is 3. The molecule has 2 aliphatic heterocycles. The third-order valence-electron chi connectivity index (χ3n) is 4.82. The predicted molar refractivity (Wildman–Crippen MR) is 90.2 cm³/mol. The number of ether oxygens (including phenoxy) is 3. The minimum atomic E-state index is -1.20. The van der Waals surface area contributed by atoms with E-state index in [1.165, 1.54) is 6.92 Å². The van der Waals surface area contributed by atoms with Gasteiger partial charge in [0, 0.05) is 19.4 Å². The zero-order valence-corrected chi connectivity index (χ0v) is 16.0. The van der Waals surface area contributed by atoms with Crippen molar-refractivity contribution in [2.24, 2.45) is 11.3 Å². The molecule has 2 rings (SSSR count). The van der Waals surface area contributed by atoms with Crippen LogP contribution < -0.4 is 0 Å². The summed E-state index contributed by atoms with van der Waals surface area (Å²) in [5.41, 5.74) is -1.20. The van der Waals surface area contributed by atoms with Crippen LogP contribution in [0.5, 0.6) is 0 Å². The number of rotatable bonds is 4. The number of carbonyl (C=O) groups excluding carboxylic acids is 3. The van der Waals surface area contributed by atoms with E-state index in [-0.39, 0.29) is 30.2 Å². The lowest BCUT2D eigenvalue weighted by Crippen LogP contribution is -2.57. The first-order valence-electron chi connectivity index (χ1n) is 7.89. The molecule has 0 amide bonds. The van der Waals surface area contributed by atoms with Crippen molar-refractivity contribution in [3.63, 3.8) is 0 Å². The summed E-state index contributed by atoms with van der Waals surface area (Å²) in [4.78, 5) is 37.1. The van der Waals surface area contributed by atoms with Crippen molar-refractivity contribution >= 4 is 40.1 Å². The Morgan fingerprint density at radius 1 is 1.43 bits per heavy atom. The van der Waals surface area contributed by atoms with E-state index in [4.69, 9.17) is 14.2 Å². The Bertz CT molecular complexity index is 507. The zero-order valence-electron chi connectivity index (χ0n) is 13.8. The second kappa shape index (κ2) is 7.14. The molecule has 0 N–H and O–H groups in total. The highest BCUT2D eigenvalue weighted by Gasteiger charge is 2.58. The van der Waals surface area contributed by atoms with Crippen LogP contribution in [0, 0.1) is 11.3 Å². The van der Waals surface area contributed by atoms with E-state index in [2.05, 4.69) is 0 Å². The Kier molecular flexibility index (Phi) is 5.84. The van der Waals surface area contributed by atoms with Crippen LogP contribution in [0.25, 0.3) is 0 Å². The molecule has 7 heteroatoms. The van der Waals surface area contributed by atoms with Crippen molar-refractivity contribution in [1.82, 2.24) is 0 Å². The summed E-state index contributed by atoms with van der Waals surface area (Å²) in [5.74, 6) is -1.27. The summed E-state index contributed by atoms with van der Waals surface area (Å²) in [7, 11) is 0. The summed E-state index contributed by atoms with van der Waals surface area (Å²) in [6, 6.07) is 0. The fraction of sp³-hybridized carbons (Fsp3) is 0.812. The number of esters is 1. The van der Waals surface area contributed by atoms with E-state index in [0.29, 0.717) is 12.8 Å². The summed E-state index contributed by atoms with van der Waals surface area (Å²) >= 11 is 1.88. The monoisotopic (exact) mass is 438 g/mol. The number of ketones is 2. The summed E-state index contributed by atoms with van der Waals surface area (Å²) in [5, 5.41) is 0. The molecular formula is C16H23IO6. The van der Waals surface area contributed by atoms with Crippen LogP contribution in [0.15, 0.2) is 0 Å². The molecule has 0 spiro atoms. The quantitative estimate of drug-likeness (QED) is 0.220. The van der Waals surface area contributed by atoms with Gasteiger partial charge in [0.1, 0.15) is 9.34 Å². The van der Waals surface area contributed by atoms with Crippen LogP contribution in [0.1, 0.15) is 40.5 Å². The highest BCUT2D eigenvalue weighted by atomic mass is 127. The Morgan fingerprint density at radius 2 is 2.09 bits per heavy atom. The van der Waals surface area contributed by atoms with E-state index < -0.39 is 27.7 Å². The molecule has 0 aromatic heterocycles. The number of fused-ring (bicyclic) bond motifs is 2. The average molecular weight is 438 g/mol. The molecule has 2 saturated heterocycles. The fourth-order valence-corrected chi connectivity index (χ4v) is 4.58. The number of halogens is 1. The van der Waals surface area contributed by atoms with Gasteiger partial charge < -0.3 is 14.2 Å². The SMILES string of the molecule is CCO[C@@H](OC(C)=O)[C@@]1(C)C(=O)[C@H](I)C(=O)[C@H](C)[C@@H]2CC[C@H]1O2. The van der Waals surface area contributed by atoms with Crippen LogP contribution >= 0.6 is 22.6 Å². The molecule has 6 atom stereocenters. The molecule has 0 radical (unpaired) electrons. The second-order valence-corrected chi connectivity index (χ2v) is 7.58. The smallest absolute Gasteiger partial charge is 0.304 e. The molecule has 2 fully saturated rings. The first kappa shape index (κ1) is 18.8. The fourth-order valence-electron chi connectivity index (χ4n) is 3.35. The van der Waals surface area contributed by atoms with Gasteiger partial charge in [0.2, 0.25) is 6.29 Å². The maximum Gasteiger partial charge on any atom is 0.304 e. The molecule has 0 saturated carbocycles. The van der Waals surface area contributed by atoms with E-state index >= 15 is 0 Å². The molecule has 0 unspecified atom stereocenters. The van der Waals surface area contributed by atoms with Crippen LogP contribution in [0.4, 0.5) is 0 Å². The van der Waals surface area contributed by atoms with Gasteiger partial charge in [0.05, 0.1) is 12.2 Å². The van der Waals surface area contributed by atoms with Gasteiger partial charge in [-0.2, -0.15) is 0 Å². The number of hydrogen-bond acceptors (Lipinski definition) is 6. The Hall–Kier alpha value is -0.540. The minimum absolute atomic E-state index is 0.134. The lowest BCUT2D eigenvalue weighted by molar-refractivity contribution is -0.225. The Balaban J connectivity index is 2.44. The van der Waals surface area contributed by atoms with Crippen molar-refractivity contribution in [3.8, 4) is 0 Å². The van der Waals surface area contributed by atoms with E-state index in [9.17, 15) is 14.4 Å². The van der Waals surface area contributed by atoms with Crippen LogP contribution in [-0.2, 0) is 28.6 Å². The summed E-state index contributed by atoms with van der Waals surface area (Å²) < 4.78 is 16.1. The van der Waals surface area contributed by atoms with E-state index in [1.54, 1.807) is 13.8 Å². The average Bonchev–Trinajstić information content (AvgIpc) is 3.00. The van der Waals surface area contributed by atoms with Crippen molar-refractivity contribution in [2.45, 2.75) is 63.0 Å². The van der Waals surface area contributed by atoms with E-state index in [1.807, 2.05) is 29.5 Å². The second-order valence-electron chi connectivity index (χ2n) is 6.34. The number of hydrogen-bond donors (Lipinski definition) is 0. The third kappa shape index (κ3) is 3.32. The van der Waals surface area contributed by atoms with Crippen molar-refractivity contribution in [1.29, 1.82) is 0 Å². The number of alkyl halides is 1. The predicted octanol–water partition coefficient (Wildman–Crippen LogP) is 2.06. The van der Waals surface area contributed by atoms with Crippen LogP contribution in [0.3, 0.4) is 0 Å². The maximum atomic E-state index is 13.1. The lowest BCUT2D eigenvalue weighted by atomic mass is 9.75. The van der Waals surface area contributed by atoms with Crippen molar-refractivity contribution < 1.29 is 28.6 Å². The van der Waals surface area contributed by atoms with Gasteiger partial charge in [-0.25, -0.2) is 0 Å². The molecule has 2 aliphatic rings. The standard InChI is InChI=1S/C16H23IO6/c1-5-21-15(22-9(3)18)16(4)11-7-6-10(23-11)8(2)13(19)12(17)14(16)20/h8,10-12,15H,5-7H2,1-4H3/t8-,10+,11-,12-,15+,16-/m1/s1. The first-order valence-corrected chi connectivity index (χ1v) is 9.14. The summed E-state index contributed by atoms with van der Waals surface area (Å²) in [6.07, 6.45) is -0.332. The van der Waals surface area contributed by atoms with Gasteiger partial charge >= 0.3 is 5.97 Å². The molecule has 23 heavy (non-hydrogen) atoms. The van der Waals surface area contributed by atoms with Gasteiger partial charge in [-0.3, -0.25) is 14.4 Å². The van der Waals surface area contributed by atoms with Gasteiger partial charge in [-0.15, -0.1) is 0 Å². The molecule has 0 aromatic carbocycles. The van der Waals surface area contributed by atoms with Crippen molar-refractivity contribution in [2.75, 3.05) is 6.61 Å². The lowest BCUT2D eigenvalue weighted by Gasteiger charge is -2.41. The first-order chi connectivity index (χ1) is 10.7. The molecule has 2 heterocycles. The van der Waals surface area contributed by atoms with Crippen LogP contribution in [-0.4, -0.2) is 46.6 Å². The highest BCUT2D eigenvalue weighted by Crippen LogP contribution is 2.45. The largest absolute Gasteiger partial charge is 0.435 e. The molecule has 6 nitrogen and oxygen atoms in total. The third-order valence-corrected chi connectivity index (χ3v) is 6.00. The molecule has 0 aromatic rings. The van der Waals surface area contributed by atoms with Gasteiger partial charge in [-0.1, -0.05) is 29.5 Å². The Morgan fingerprint density at radius 3 is 2.65 bits per heavy atom. The molecule has 0 aliphatic carbocycles. The maximum absolute atomic E-state index is 13.1. The van der Waals surface area contributed by atoms with E-state index in [0.717, 1.165) is 0 Å². The van der Waals surface area contributed by atoms with Crippen LogP contribution in [0.2, 0.25) is 0 Å². The number of Topliss-reactive ketones (excluding diaryl/α,β-unsaturated/α-hetero) is 2. The Labute approximate surface area is 149 Å². The molecule has 2 bridgehead atoms. The molecule has 130 valence electrons. The normalized spacial score (nSPS) is 38.8. The minimum Gasteiger partial charge on any atom is -0.435 e. The zero-order chi connectivity index (χ0) is 17.4. The summed E-state index contributed by atoms with van der Waals surface area (Å²) in [6.45, 7) is 6.81. The van der Waals surface area contributed by atoms with Gasteiger partial charge in [0.15, 0.2) is 11.6 Å². The van der Waals surface area contributed by atoms with Gasteiger partial charge in [0.25, 0.3) is 0 Å².